The van der Waals surface area contributed by atoms with E-state index in [1.54, 1.807) is 6.07 Å². The number of fused-ring (bicyclic) bond motifs is 5. The van der Waals surface area contributed by atoms with E-state index in [0.29, 0.717) is 24.0 Å². The van der Waals surface area contributed by atoms with Crippen molar-refractivity contribution in [3.05, 3.63) is 29.3 Å². The van der Waals surface area contributed by atoms with Crippen LogP contribution in [0.2, 0.25) is 0 Å². The van der Waals surface area contributed by atoms with Gasteiger partial charge in [0, 0.05) is 6.42 Å². The maximum atomic E-state index is 10.5. The predicted octanol–water partition coefficient (Wildman–Crippen LogP) is 2.58. The smallest absolute Gasteiger partial charge is 0.115 e. The maximum Gasteiger partial charge on any atom is 0.115 e. The van der Waals surface area contributed by atoms with Crippen molar-refractivity contribution in [2.45, 2.75) is 57.2 Å². The second kappa shape index (κ2) is 4.47. The molecule has 3 N–H and O–H groups in total. The van der Waals surface area contributed by atoms with Gasteiger partial charge in [-0.1, -0.05) is 13.0 Å². The van der Waals surface area contributed by atoms with Gasteiger partial charge in [-0.2, -0.15) is 0 Å². The summed E-state index contributed by atoms with van der Waals surface area (Å²) in [7, 11) is 0. The van der Waals surface area contributed by atoms with E-state index in [2.05, 4.69) is 13.0 Å². The number of hydrogen-bond donors (Lipinski definition) is 3. The average Bonchev–Trinajstić information content (AvgIpc) is 2.68. The van der Waals surface area contributed by atoms with Gasteiger partial charge in [-0.25, -0.2) is 0 Å². The van der Waals surface area contributed by atoms with Crippen molar-refractivity contribution in [1.82, 2.24) is 0 Å². The van der Waals surface area contributed by atoms with Crippen molar-refractivity contribution in [3.63, 3.8) is 0 Å². The summed E-state index contributed by atoms with van der Waals surface area (Å²) >= 11 is 0. The molecular formula is C18H24O3. The number of benzene rings is 1. The summed E-state index contributed by atoms with van der Waals surface area (Å²) in [5.41, 5.74) is 2.52. The molecule has 21 heavy (non-hydrogen) atoms. The molecule has 1 aromatic carbocycles. The summed E-state index contributed by atoms with van der Waals surface area (Å²) in [6.07, 6.45) is 3.91. The molecule has 3 heteroatoms. The van der Waals surface area contributed by atoms with E-state index in [0.717, 1.165) is 25.7 Å². The third kappa shape index (κ3) is 1.80. The van der Waals surface area contributed by atoms with Crippen LogP contribution in [0, 0.1) is 17.3 Å². The van der Waals surface area contributed by atoms with E-state index in [1.807, 2.05) is 6.07 Å². The number of hydrogen-bond acceptors (Lipinski definition) is 3. The Morgan fingerprint density at radius 1 is 1.19 bits per heavy atom. The third-order valence-corrected chi connectivity index (χ3v) is 6.65. The Morgan fingerprint density at radius 2 is 2.00 bits per heavy atom. The Morgan fingerprint density at radius 3 is 2.81 bits per heavy atom. The zero-order valence-electron chi connectivity index (χ0n) is 12.5. The predicted molar refractivity (Wildman–Crippen MR) is 80.1 cm³/mol. The molecule has 3 nitrogen and oxygen atoms in total. The summed E-state index contributed by atoms with van der Waals surface area (Å²) in [6, 6.07) is 5.76. The molecule has 0 aromatic heterocycles. The molecule has 2 saturated carbocycles. The molecule has 0 heterocycles. The lowest BCUT2D eigenvalue weighted by atomic mass is 9.55. The SMILES string of the molecule is CC12CCC3c4ccc(O)cc4CCC3C1C(O)CC2O. The van der Waals surface area contributed by atoms with Crippen LogP contribution in [0.25, 0.3) is 0 Å². The second-order valence-corrected chi connectivity index (χ2v) is 7.58. The van der Waals surface area contributed by atoms with Crippen molar-refractivity contribution < 1.29 is 15.3 Å². The van der Waals surface area contributed by atoms with Gasteiger partial charge in [0.05, 0.1) is 12.2 Å². The quantitative estimate of drug-likeness (QED) is 0.687. The van der Waals surface area contributed by atoms with Crippen LogP contribution in [0.1, 0.15) is 49.7 Å². The molecular weight excluding hydrogens is 264 g/mol. The largest absolute Gasteiger partial charge is 0.508 e. The first kappa shape index (κ1) is 13.6. The van der Waals surface area contributed by atoms with Crippen molar-refractivity contribution in [1.29, 1.82) is 0 Å². The lowest BCUT2D eigenvalue weighted by Gasteiger charge is -2.50. The van der Waals surface area contributed by atoms with Crippen LogP contribution in [-0.2, 0) is 6.42 Å². The molecule has 0 spiro atoms. The summed E-state index contributed by atoms with van der Waals surface area (Å²) in [6.45, 7) is 2.17. The molecule has 0 saturated heterocycles. The second-order valence-electron chi connectivity index (χ2n) is 7.58. The van der Waals surface area contributed by atoms with Gasteiger partial charge in [-0.05, 0) is 72.1 Å². The Kier molecular flexibility index (Phi) is 2.89. The molecule has 3 aliphatic rings. The van der Waals surface area contributed by atoms with Crippen LogP contribution in [0.4, 0.5) is 0 Å². The number of aliphatic hydroxyl groups is 2. The number of phenolic OH excluding ortho intramolecular Hbond substituents is 1. The van der Waals surface area contributed by atoms with Crippen molar-refractivity contribution in [2.24, 2.45) is 17.3 Å². The molecule has 6 atom stereocenters. The third-order valence-electron chi connectivity index (χ3n) is 6.65. The van der Waals surface area contributed by atoms with Gasteiger partial charge in [-0.3, -0.25) is 0 Å². The van der Waals surface area contributed by atoms with Crippen molar-refractivity contribution in [2.75, 3.05) is 0 Å². The molecule has 3 aliphatic carbocycles. The molecule has 0 aliphatic heterocycles. The molecule has 114 valence electrons. The van der Waals surface area contributed by atoms with Crippen LogP contribution in [0.15, 0.2) is 18.2 Å². The first-order chi connectivity index (χ1) is 10.0. The minimum Gasteiger partial charge on any atom is -0.508 e. The van der Waals surface area contributed by atoms with E-state index in [-0.39, 0.29) is 23.5 Å². The first-order valence-electron chi connectivity index (χ1n) is 8.18. The average molecular weight is 288 g/mol. The van der Waals surface area contributed by atoms with E-state index in [9.17, 15) is 15.3 Å². The van der Waals surface area contributed by atoms with Gasteiger partial charge in [0.1, 0.15) is 5.75 Å². The topological polar surface area (TPSA) is 60.7 Å². The van der Waals surface area contributed by atoms with Gasteiger partial charge >= 0.3 is 0 Å². The number of rotatable bonds is 0. The van der Waals surface area contributed by atoms with Gasteiger partial charge in [0.25, 0.3) is 0 Å². The number of aromatic hydroxyl groups is 1. The standard InChI is InChI=1S/C18H24O3/c1-18-7-6-13-12-5-3-11(19)8-10(12)2-4-14(13)17(18)15(20)9-16(18)21/h3,5,8,13-17,19-21H,2,4,6-7,9H2,1H3. The van der Waals surface area contributed by atoms with Crippen LogP contribution in [0.3, 0.4) is 0 Å². The fourth-order valence-electron chi connectivity index (χ4n) is 5.60. The van der Waals surface area contributed by atoms with Crippen LogP contribution in [0.5, 0.6) is 5.75 Å². The first-order valence-corrected chi connectivity index (χ1v) is 8.18. The Balaban J connectivity index is 1.73. The number of phenols is 1. The van der Waals surface area contributed by atoms with Gasteiger partial charge in [0.15, 0.2) is 0 Å². The highest BCUT2D eigenvalue weighted by Gasteiger charge is 2.58. The summed E-state index contributed by atoms with van der Waals surface area (Å²) in [4.78, 5) is 0. The lowest BCUT2D eigenvalue weighted by Crippen LogP contribution is -2.46. The Labute approximate surface area is 125 Å². The fraction of sp³-hybridized carbons (Fsp3) is 0.667. The number of aliphatic hydroxyl groups excluding tert-OH is 2. The van der Waals surface area contributed by atoms with E-state index in [4.69, 9.17) is 0 Å². The normalized spacial score (nSPS) is 44.8. The zero-order valence-corrected chi connectivity index (χ0v) is 12.5. The highest BCUT2D eigenvalue weighted by molar-refractivity contribution is 5.40. The van der Waals surface area contributed by atoms with Crippen LogP contribution in [-0.4, -0.2) is 27.5 Å². The lowest BCUT2D eigenvalue weighted by molar-refractivity contribution is -0.0440. The van der Waals surface area contributed by atoms with Gasteiger partial charge in [0.2, 0.25) is 0 Å². The Hall–Kier alpha value is -1.06. The van der Waals surface area contributed by atoms with E-state index in [1.165, 1.54) is 11.1 Å². The zero-order chi connectivity index (χ0) is 14.8. The fourth-order valence-corrected chi connectivity index (χ4v) is 5.60. The molecule has 0 amide bonds. The van der Waals surface area contributed by atoms with Gasteiger partial charge < -0.3 is 15.3 Å². The molecule has 1 aromatic rings. The maximum absolute atomic E-state index is 10.5. The monoisotopic (exact) mass is 288 g/mol. The van der Waals surface area contributed by atoms with E-state index < -0.39 is 0 Å². The summed E-state index contributed by atoms with van der Waals surface area (Å²) in [5, 5.41) is 30.6. The number of aryl methyl sites for hydroxylation is 1. The summed E-state index contributed by atoms with van der Waals surface area (Å²) in [5.74, 6) is 1.51. The van der Waals surface area contributed by atoms with Crippen molar-refractivity contribution in [3.8, 4) is 5.75 Å². The minimum atomic E-state index is -0.364. The molecule has 2 fully saturated rings. The molecule has 6 unspecified atom stereocenters. The molecule has 0 radical (unpaired) electrons. The molecule has 4 rings (SSSR count). The van der Waals surface area contributed by atoms with Crippen molar-refractivity contribution >= 4 is 0 Å². The van der Waals surface area contributed by atoms with Crippen LogP contribution < -0.4 is 0 Å². The van der Waals surface area contributed by atoms with Crippen LogP contribution >= 0.6 is 0 Å². The molecule has 0 bridgehead atoms. The van der Waals surface area contributed by atoms with Gasteiger partial charge in [-0.15, -0.1) is 0 Å². The van der Waals surface area contributed by atoms with E-state index >= 15 is 0 Å². The highest BCUT2D eigenvalue weighted by Crippen LogP contribution is 2.60. The summed E-state index contributed by atoms with van der Waals surface area (Å²) < 4.78 is 0. The highest BCUT2D eigenvalue weighted by atomic mass is 16.3. The minimum absolute atomic E-state index is 0.116. The Bertz CT molecular complexity index is 570.